The minimum Gasteiger partial charge on any atom is -0.396 e. The van der Waals surface area contributed by atoms with Crippen LogP contribution in [-0.4, -0.2) is 11.7 Å². The highest BCUT2D eigenvalue weighted by molar-refractivity contribution is 5.05. The van der Waals surface area contributed by atoms with E-state index in [0.29, 0.717) is 12.0 Å². The van der Waals surface area contributed by atoms with Gasteiger partial charge in [-0.2, -0.15) is 0 Å². The van der Waals surface area contributed by atoms with Crippen molar-refractivity contribution in [2.24, 2.45) is 11.3 Å². The molecule has 2 aliphatic carbocycles. The number of rotatable bonds is 2. The number of hydrogen-bond donors (Lipinski definition) is 1. The first kappa shape index (κ1) is 5.72. The first-order valence-corrected chi connectivity index (χ1v) is 3.98. The Labute approximate surface area is 56.1 Å². The molecule has 0 aliphatic heterocycles. The Balaban J connectivity index is 1.95. The minimum atomic E-state index is 0.413. The first-order valence-electron chi connectivity index (χ1n) is 3.98. The molecule has 1 N–H and O–H groups in total. The Bertz CT molecular complexity index is 122. The molecule has 0 aromatic rings. The molecule has 0 heterocycles. The van der Waals surface area contributed by atoms with Gasteiger partial charge in [0.15, 0.2) is 0 Å². The summed E-state index contributed by atoms with van der Waals surface area (Å²) in [7, 11) is 0. The molecule has 0 aromatic carbocycles. The quantitative estimate of drug-likeness (QED) is 0.595. The van der Waals surface area contributed by atoms with Crippen molar-refractivity contribution in [2.45, 2.75) is 32.1 Å². The summed E-state index contributed by atoms with van der Waals surface area (Å²) in [5.41, 5.74) is 0.661. The highest BCUT2D eigenvalue weighted by Gasteiger charge is 2.55. The molecular weight excluding hydrogens is 112 g/mol. The molecule has 0 saturated heterocycles. The van der Waals surface area contributed by atoms with Crippen LogP contribution in [0.2, 0.25) is 0 Å². The fraction of sp³-hybridized carbons (Fsp3) is 1.00. The molecule has 2 atom stereocenters. The van der Waals surface area contributed by atoms with E-state index in [1.807, 2.05) is 0 Å². The second-order valence-electron chi connectivity index (χ2n) is 3.63. The molecule has 52 valence electrons. The SMILES string of the molecule is OCC[C@@]12CCC[C@@H]1C2. The number of aliphatic hydroxyl groups excluding tert-OH is 1. The maximum Gasteiger partial charge on any atom is 0.0436 e. The second-order valence-corrected chi connectivity index (χ2v) is 3.63. The summed E-state index contributed by atoms with van der Waals surface area (Å²) in [5.74, 6) is 1.02. The fourth-order valence-corrected chi connectivity index (χ4v) is 2.50. The molecule has 2 aliphatic rings. The lowest BCUT2D eigenvalue weighted by molar-refractivity contribution is 0.244. The van der Waals surface area contributed by atoms with Gasteiger partial charge in [0.05, 0.1) is 0 Å². The van der Waals surface area contributed by atoms with E-state index in [9.17, 15) is 0 Å². The monoisotopic (exact) mass is 126 g/mol. The minimum absolute atomic E-state index is 0.413. The fourth-order valence-electron chi connectivity index (χ4n) is 2.50. The van der Waals surface area contributed by atoms with Gasteiger partial charge in [-0.1, -0.05) is 6.42 Å². The van der Waals surface area contributed by atoms with Crippen molar-refractivity contribution in [3.63, 3.8) is 0 Å². The third-order valence-electron chi connectivity index (χ3n) is 3.20. The molecule has 0 aromatic heterocycles. The molecule has 1 heteroatoms. The Hall–Kier alpha value is -0.0400. The zero-order chi connectivity index (χ0) is 6.32. The van der Waals surface area contributed by atoms with Crippen molar-refractivity contribution < 1.29 is 5.11 Å². The van der Waals surface area contributed by atoms with Gasteiger partial charge in [0.25, 0.3) is 0 Å². The highest BCUT2D eigenvalue weighted by atomic mass is 16.3. The topological polar surface area (TPSA) is 20.2 Å². The van der Waals surface area contributed by atoms with Crippen LogP contribution in [0.5, 0.6) is 0 Å². The van der Waals surface area contributed by atoms with Crippen LogP contribution in [0.4, 0.5) is 0 Å². The van der Waals surface area contributed by atoms with Crippen LogP contribution >= 0.6 is 0 Å². The summed E-state index contributed by atoms with van der Waals surface area (Å²) in [4.78, 5) is 0. The molecule has 0 amide bonds. The maximum atomic E-state index is 8.72. The van der Waals surface area contributed by atoms with Crippen molar-refractivity contribution >= 4 is 0 Å². The van der Waals surface area contributed by atoms with Gasteiger partial charge in [-0.25, -0.2) is 0 Å². The van der Waals surface area contributed by atoms with Crippen molar-refractivity contribution in [2.75, 3.05) is 6.61 Å². The van der Waals surface area contributed by atoms with E-state index in [-0.39, 0.29) is 0 Å². The molecule has 0 spiro atoms. The number of fused-ring (bicyclic) bond motifs is 1. The average Bonchev–Trinajstić information content (AvgIpc) is 2.37. The molecule has 2 saturated carbocycles. The van der Waals surface area contributed by atoms with Gasteiger partial charge in [-0.15, -0.1) is 0 Å². The van der Waals surface area contributed by atoms with Gasteiger partial charge in [-0.05, 0) is 37.0 Å². The first-order chi connectivity index (χ1) is 4.37. The van der Waals surface area contributed by atoms with E-state index in [1.54, 1.807) is 0 Å². The summed E-state index contributed by atoms with van der Waals surface area (Å²) in [6, 6.07) is 0. The third kappa shape index (κ3) is 0.710. The van der Waals surface area contributed by atoms with Gasteiger partial charge in [0.2, 0.25) is 0 Å². The summed E-state index contributed by atoms with van der Waals surface area (Å²) in [5, 5.41) is 8.72. The van der Waals surface area contributed by atoms with Crippen molar-refractivity contribution in [3.05, 3.63) is 0 Å². The molecular formula is C8H14O. The highest BCUT2D eigenvalue weighted by Crippen LogP contribution is 2.65. The largest absolute Gasteiger partial charge is 0.396 e. The molecule has 0 unspecified atom stereocenters. The Kier molecular flexibility index (Phi) is 1.10. The standard InChI is InChI=1S/C8H14O/c9-5-4-8-3-1-2-7(8)6-8/h7,9H,1-6H2/t7-,8-/m1/s1. The smallest absolute Gasteiger partial charge is 0.0436 e. The van der Waals surface area contributed by atoms with E-state index in [4.69, 9.17) is 5.11 Å². The summed E-state index contributed by atoms with van der Waals surface area (Å²) < 4.78 is 0. The van der Waals surface area contributed by atoms with Gasteiger partial charge in [-0.3, -0.25) is 0 Å². The van der Waals surface area contributed by atoms with Crippen LogP contribution < -0.4 is 0 Å². The van der Waals surface area contributed by atoms with E-state index in [0.717, 1.165) is 12.3 Å². The van der Waals surface area contributed by atoms with Crippen molar-refractivity contribution in [1.82, 2.24) is 0 Å². The average molecular weight is 126 g/mol. The second kappa shape index (κ2) is 1.72. The van der Waals surface area contributed by atoms with E-state index < -0.39 is 0 Å². The van der Waals surface area contributed by atoms with Crippen LogP contribution in [0.25, 0.3) is 0 Å². The van der Waals surface area contributed by atoms with Gasteiger partial charge >= 0.3 is 0 Å². The van der Waals surface area contributed by atoms with E-state index in [1.165, 1.54) is 25.7 Å². The third-order valence-corrected chi connectivity index (χ3v) is 3.20. The van der Waals surface area contributed by atoms with Crippen molar-refractivity contribution in [3.8, 4) is 0 Å². The predicted molar refractivity (Wildman–Crippen MR) is 36.1 cm³/mol. The number of hydrogen-bond acceptors (Lipinski definition) is 1. The predicted octanol–water partition coefficient (Wildman–Crippen LogP) is 1.56. The molecule has 2 rings (SSSR count). The Morgan fingerprint density at radius 2 is 2.44 bits per heavy atom. The van der Waals surface area contributed by atoms with Crippen LogP contribution in [-0.2, 0) is 0 Å². The summed E-state index contributed by atoms with van der Waals surface area (Å²) in [6.45, 7) is 0.413. The van der Waals surface area contributed by atoms with Crippen LogP contribution in [0.15, 0.2) is 0 Å². The van der Waals surface area contributed by atoms with Crippen molar-refractivity contribution in [1.29, 1.82) is 0 Å². The summed E-state index contributed by atoms with van der Waals surface area (Å²) >= 11 is 0. The lowest BCUT2D eigenvalue weighted by atomic mass is 10.0. The molecule has 2 fully saturated rings. The normalized spacial score (nSPS) is 47.0. The lowest BCUT2D eigenvalue weighted by Crippen LogP contribution is -2.00. The Morgan fingerprint density at radius 1 is 1.56 bits per heavy atom. The maximum absolute atomic E-state index is 8.72. The molecule has 1 nitrogen and oxygen atoms in total. The van der Waals surface area contributed by atoms with Gasteiger partial charge < -0.3 is 5.11 Å². The van der Waals surface area contributed by atoms with Crippen LogP contribution in [0.1, 0.15) is 32.1 Å². The molecule has 9 heavy (non-hydrogen) atoms. The van der Waals surface area contributed by atoms with Crippen LogP contribution in [0.3, 0.4) is 0 Å². The molecule has 0 radical (unpaired) electrons. The van der Waals surface area contributed by atoms with E-state index in [2.05, 4.69) is 0 Å². The van der Waals surface area contributed by atoms with Gasteiger partial charge in [0.1, 0.15) is 0 Å². The van der Waals surface area contributed by atoms with E-state index >= 15 is 0 Å². The molecule has 0 bridgehead atoms. The van der Waals surface area contributed by atoms with Crippen LogP contribution in [0, 0.1) is 11.3 Å². The Morgan fingerprint density at radius 3 is 2.89 bits per heavy atom. The zero-order valence-corrected chi connectivity index (χ0v) is 5.77. The van der Waals surface area contributed by atoms with Gasteiger partial charge in [0, 0.05) is 6.61 Å². The zero-order valence-electron chi connectivity index (χ0n) is 5.77. The number of aliphatic hydroxyl groups is 1. The lowest BCUT2D eigenvalue weighted by Gasteiger charge is -2.07. The summed E-state index contributed by atoms with van der Waals surface area (Å²) in [6.07, 6.45) is 6.77.